The molecule has 30 heavy (non-hydrogen) atoms. The number of benzene rings is 1. The third kappa shape index (κ3) is 4.87. The first kappa shape index (κ1) is 20.1. The predicted octanol–water partition coefficient (Wildman–Crippen LogP) is 3.92. The normalized spacial score (nSPS) is 14.6. The highest BCUT2D eigenvalue weighted by Gasteiger charge is 2.24. The molecule has 1 fully saturated rings. The number of aromatic nitrogens is 3. The van der Waals surface area contributed by atoms with Crippen LogP contribution in [0.2, 0.25) is 0 Å². The van der Waals surface area contributed by atoms with E-state index in [9.17, 15) is 4.79 Å². The van der Waals surface area contributed by atoms with E-state index in [1.54, 1.807) is 6.20 Å². The van der Waals surface area contributed by atoms with Crippen LogP contribution in [0.15, 0.2) is 61.1 Å². The molecule has 3 heterocycles. The Labute approximate surface area is 178 Å². The minimum absolute atomic E-state index is 0.0549. The molecule has 2 amide bonds. The molecule has 6 nitrogen and oxygen atoms in total. The number of amides is 2. The number of carbonyl (C=O) groups is 1. The molecule has 0 atom stereocenters. The molecule has 0 radical (unpaired) electrons. The maximum atomic E-state index is 12.5. The van der Waals surface area contributed by atoms with Gasteiger partial charge < -0.3 is 14.8 Å². The molecule has 6 heteroatoms. The van der Waals surface area contributed by atoms with Gasteiger partial charge in [0.15, 0.2) is 0 Å². The van der Waals surface area contributed by atoms with E-state index >= 15 is 0 Å². The minimum Gasteiger partial charge on any atom is -0.338 e. The van der Waals surface area contributed by atoms with Gasteiger partial charge in [0.1, 0.15) is 5.82 Å². The molecule has 1 saturated heterocycles. The molecule has 1 N–H and O–H groups in total. The number of piperidine rings is 1. The molecular formula is C24H29N5O. The highest BCUT2D eigenvalue weighted by atomic mass is 16.2. The first-order valence-electron chi connectivity index (χ1n) is 10.7. The van der Waals surface area contributed by atoms with Crippen molar-refractivity contribution in [1.29, 1.82) is 0 Å². The van der Waals surface area contributed by atoms with Crippen LogP contribution < -0.4 is 5.32 Å². The van der Waals surface area contributed by atoms with Gasteiger partial charge in [0.25, 0.3) is 0 Å². The quantitative estimate of drug-likeness (QED) is 0.679. The number of aryl methyl sites for hydroxylation is 1. The number of imidazole rings is 1. The fourth-order valence-electron chi connectivity index (χ4n) is 4.06. The van der Waals surface area contributed by atoms with E-state index in [4.69, 9.17) is 0 Å². The van der Waals surface area contributed by atoms with Gasteiger partial charge in [-0.2, -0.15) is 0 Å². The highest BCUT2D eigenvalue weighted by Crippen LogP contribution is 2.24. The highest BCUT2D eigenvalue weighted by molar-refractivity contribution is 5.74. The van der Waals surface area contributed by atoms with Crippen molar-refractivity contribution in [2.75, 3.05) is 19.6 Å². The zero-order chi connectivity index (χ0) is 20.8. The number of rotatable bonds is 6. The van der Waals surface area contributed by atoms with Crippen molar-refractivity contribution in [2.24, 2.45) is 5.92 Å². The second-order valence-electron chi connectivity index (χ2n) is 7.97. The van der Waals surface area contributed by atoms with Crippen LogP contribution in [0.3, 0.4) is 0 Å². The van der Waals surface area contributed by atoms with Gasteiger partial charge in [0, 0.05) is 56.0 Å². The molecule has 0 aliphatic carbocycles. The number of nitrogens with zero attached hydrogens (tertiary/aromatic N) is 4. The average molecular weight is 404 g/mol. The lowest BCUT2D eigenvalue weighted by Gasteiger charge is -2.32. The number of carbonyl (C=O) groups excluding carboxylic acids is 1. The fourth-order valence-corrected chi connectivity index (χ4v) is 4.06. The Kier molecular flexibility index (Phi) is 6.42. The average Bonchev–Trinajstić information content (AvgIpc) is 3.15. The van der Waals surface area contributed by atoms with Gasteiger partial charge in [-0.3, -0.25) is 4.98 Å². The summed E-state index contributed by atoms with van der Waals surface area (Å²) in [4.78, 5) is 23.3. The number of nitrogens with one attached hydrogen (secondary N) is 1. The Balaban J connectivity index is 1.27. The second kappa shape index (κ2) is 9.57. The lowest BCUT2D eigenvalue weighted by molar-refractivity contribution is 0.165. The first-order chi connectivity index (χ1) is 14.7. The summed E-state index contributed by atoms with van der Waals surface area (Å²) in [5, 5.41) is 3.07. The van der Waals surface area contributed by atoms with E-state index in [-0.39, 0.29) is 6.03 Å². The summed E-state index contributed by atoms with van der Waals surface area (Å²) in [5.74, 6) is 1.52. The number of likely N-dealkylation sites (tertiary alicyclic amines) is 1. The molecule has 0 unspecified atom stereocenters. The van der Waals surface area contributed by atoms with Crippen LogP contribution in [-0.2, 0) is 13.0 Å². The predicted molar refractivity (Wildman–Crippen MR) is 118 cm³/mol. The molecular weight excluding hydrogens is 374 g/mol. The zero-order valence-electron chi connectivity index (χ0n) is 17.5. The lowest BCUT2D eigenvalue weighted by atomic mass is 9.96. The molecule has 1 aliphatic rings. The van der Waals surface area contributed by atoms with Crippen LogP contribution in [0, 0.1) is 12.8 Å². The van der Waals surface area contributed by atoms with Gasteiger partial charge in [0.05, 0.1) is 0 Å². The second-order valence-corrected chi connectivity index (χ2v) is 7.97. The summed E-state index contributed by atoms with van der Waals surface area (Å²) in [6.07, 6.45) is 8.45. The van der Waals surface area contributed by atoms with Crippen LogP contribution in [0.25, 0.3) is 11.4 Å². The lowest BCUT2D eigenvalue weighted by Crippen LogP contribution is -2.45. The molecule has 156 valence electrons. The summed E-state index contributed by atoms with van der Waals surface area (Å²) in [6.45, 7) is 5.31. The third-order valence-electron chi connectivity index (χ3n) is 5.85. The maximum absolute atomic E-state index is 12.5. The Morgan fingerprint density at radius 2 is 1.90 bits per heavy atom. The Bertz CT molecular complexity index is 946. The van der Waals surface area contributed by atoms with E-state index < -0.39 is 0 Å². The molecule has 1 aromatic carbocycles. The summed E-state index contributed by atoms with van der Waals surface area (Å²) in [7, 11) is 0. The standard InChI is InChI=1S/C24H29N5O/c1-19-16-27-23(22-8-5-12-25-17-22)29(19)18-21-10-14-28(15-11-21)24(30)26-13-9-20-6-3-2-4-7-20/h2-8,12,16-17,21H,9-11,13-15,18H2,1H3,(H,26,30). The Hall–Kier alpha value is -3.15. The van der Waals surface area contributed by atoms with Gasteiger partial charge in [-0.25, -0.2) is 9.78 Å². The molecule has 0 spiro atoms. The number of pyridine rings is 1. The van der Waals surface area contributed by atoms with Gasteiger partial charge in [-0.05, 0) is 49.8 Å². The van der Waals surface area contributed by atoms with E-state index in [1.807, 2.05) is 47.6 Å². The fraction of sp³-hybridized carbons (Fsp3) is 0.375. The minimum atomic E-state index is 0.0549. The largest absolute Gasteiger partial charge is 0.338 e. The Morgan fingerprint density at radius 3 is 2.63 bits per heavy atom. The number of urea groups is 1. The van der Waals surface area contributed by atoms with E-state index in [2.05, 4.69) is 38.9 Å². The summed E-state index contributed by atoms with van der Waals surface area (Å²) < 4.78 is 2.29. The van der Waals surface area contributed by atoms with E-state index in [1.165, 1.54) is 5.56 Å². The van der Waals surface area contributed by atoms with Crippen LogP contribution in [-0.4, -0.2) is 45.1 Å². The van der Waals surface area contributed by atoms with Crippen LogP contribution in [0.1, 0.15) is 24.1 Å². The monoisotopic (exact) mass is 403 g/mol. The van der Waals surface area contributed by atoms with Crippen LogP contribution in [0.5, 0.6) is 0 Å². The van der Waals surface area contributed by atoms with Gasteiger partial charge in [0.2, 0.25) is 0 Å². The molecule has 2 aromatic heterocycles. The molecule has 0 bridgehead atoms. The molecule has 0 saturated carbocycles. The molecule has 3 aromatic rings. The van der Waals surface area contributed by atoms with Crippen molar-refractivity contribution in [3.05, 3.63) is 72.3 Å². The van der Waals surface area contributed by atoms with E-state index in [0.717, 1.165) is 56.0 Å². The summed E-state index contributed by atoms with van der Waals surface area (Å²) in [5.41, 5.74) is 3.45. The van der Waals surface area contributed by atoms with Crippen molar-refractivity contribution >= 4 is 6.03 Å². The van der Waals surface area contributed by atoms with Gasteiger partial charge in [-0.1, -0.05) is 30.3 Å². The van der Waals surface area contributed by atoms with Crippen molar-refractivity contribution in [3.8, 4) is 11.4 Å². The molecule has 1 aliphatic heterocycles. The van der Waals surface area contributed by atoms with Crippen LogP contribution >= 0.6 is 0 Å². The number of hydrogen-bond acceptors (Lipinski definition) is 3. The van der Waals surface area contributed by atoms with E-state index in [0.29, 0.717) is 12.5 Å². The summed E-state index contributed by atoms with van der Waals surface area (Å²) in [6, 6.07) is 14.3. The van der Waals surface area contributed by atoms with Crippen LogP contribution in [0.4, 0.5) is 4.79 Å². The third-order valence-corrected chi connectivity index (χ3v) is 5.85. The topological polar surface area (TPSA) is 63.1 Å². The van der Waals surface area contributed by atoms with Crippen molar-refractivity contribution in [3.63, 3.8) is 0 Å². The number of hydrogen-bond donors (Lipinski definition) is 1. The molecule has 4 rings (SSSR count). The van der Waals surface area contributed by atoms with Crippen molar-refractivity contribution < 1.29 is 4.79 Å². The van der Waals surface area contributed by atoms with Crippen molar-refractivity contribution in [2.45, 2.75) is 32.7 Å². The summed E-state index contributed by atoms with van der Waals surface area (Å²) >= 11 is 0. The van der Waals surface area contributed by atoms with Gasteiger partial charge >= 0.3 is 6.03 Å². The first-order valence-corrected chi connectivity index (χ1v) is 10.7. The SMILES string of the molecule is Cc1cnc(-c2cccnc2)n1CC1CCN(C(=O)NCCc2ccccc2)CC1. The van der Waals surface area contributed by atoms with Gasteiger partial charge in [-0.15, -0.1) is 0 Å². The zero-order valence-corrected chi connectivity index (χ0v) is 17.5. The Morgan fingerprint density at radius 1 is 1.10 bits per heavy atom. The smallest absolute Gasteiger partial charge is 0.317 e. The maximum Gasteiger partial charge on any atom is 0.317 e. The van der Waals surface area contributed by atoms with Crippen molar-refractivity contribution in [1.82, 2.24) is 24.8 Å².